The van der Waals surface area contributed by atoms with Gasteiger partial charge in [-0.3, -0.25) is 18.9 Å². The van der Waals surface area contributed by atoms with E-state index < -0.39 is 53.3 Å². The van der Waals surface area contributed by atoms with Crippen molar-refractivity contribution in [2.24, 2.45) is 25.4 Å². The van der Waals surface area contributed by atoms with Crippen molar-refractivity contribution in [3.63, 3.8) is 0 Å². The van der Waals surface area contributed by atoms with Crippen molar-refractivity contribution in [1.82, 2.24) is 0 Å². The summed E-state index contributed by atoms with van der Waals surface area (Å²) in [6.45, 7) is 3.11. The zero-order chi connectivity index (χ0) is 52.1. The average Bonchev–Trinajstić information content (AvgIpc) is 3.34. The number of carbonyl (C=O) groups is 1. The van der Waals surface area contributed by atoms with Crippen LogP contribution < -0.4 is 25.0 Å². The fraction of sp³-hybridized carbons (Fsp3) is 0.0800. The van der Waals surface area contributed by atoms with Gasteiger partial charge >= 0.3 is 37.7 Å². The molecule has 0 aromatic heterocycles. The number of phenols is 1. The van der Waals surface area contributed by atoms with Crippen LogP contribution in [0.25, 0.3) is 21.5 Å². The van der Waals surface area contributed by atoms with Gasteiger partial charge in [-0.15, -0.1) is 15.3 Å². The molecule has 368 valence electrons. The third kappa shape index (κ3) is 12.7. The Morgan fingerprint density at radius 2 is 1.07 bits per heavy atom. The normalized spacial score (nSPS) is 11.9. The number of aliphatic imine (C=N–C) groups is 1. The topological polar surface area (TPSA) is 284 Å². The monoisotopic (exact) mass is 1090 g/mol. The van der Waals surface area contributed by atoms with Crippen LogP contribution in [-0.4, -0.2) is 94.8 Å². The van der Waals surface area contributed by atoms with Gasteiger partial charge in [0.2, 0.25) is 0 Å². The molecule has 0 aliphatic rings. The first-order valence-electron chi connectivity index (χ1n) is 20.9. The number of phenolic OH excluding ortho intramolecular Hbond substituents is 1. The molecule has 8 aromatic rings. The van der Waals surface area contributed by atoms with E-state index in [1.807, 2.05) is 0 Å². The number of methoxy groups -OCH3 is 2. The SMILES string of the molecule is COc1cccc(N=C([O-])c2cc3ccccc3c(N=Nc3c(C)ccc(Cl)c3S(=O)(=O)O)c2[O-])c1.COc1cccc(NC(=O)c2cc3ccccc3c(N=Nc3c(C)ccc(Cl)c3S(=O)(=O)O)c2O)c1.[Ca+2]. The van der Waals surface area contributed by atoms with Gasteiger partial charge in [0, 0.05) is 28.6 Å². The van der Waals surface area contributed by atoms with Crippen molar-refractivity contribution in [3.8, 4) is 23.0 Å². The molecule has 1 amide bonds. The minimum absolute atomic E-state index is 0. The van der Waals surface area contributed by atoms with Crippen LogP contribution in [0, 0.1) is 13.8 Å². The smallest absolute Gasteiger partial charge is 0.871 e. The second-order valence-electron chi connectivity index (χ2n) is 15.4. The molecule has 0 fully saturated rings. The van der Waals surface area contributed by atoms with Gasteiger partial charge in [-0.25, -0.2) is 0 Å². The molecule has 0 atom stereocenters. The summed E-state index contributed by atoms with van der Waals surface area (Å²) >= 11 is 12.0. The van der Waals surface area contributed by atoms with E-state index in [4.69, 9.17) is 32.7 Å². The van der Waals surface area contributed by atoms with Crippen molar-refractivity contribution < 1.29 is 55.5 Å². The van der Waals surface area contributed by atoms with Crippen molar-refractivity contribution >= 4 is 149 Å². The van der Waals surface area contributed by atoms with Gasteiger partial charge in [-0.1, -0.05) is 102 Å². The van der Waals surface area contributed by atoms with Crippen LogP contribution in [0.4, 0.5) is 34.1 Å². The minimum atomic E-state index is -4.75. The molecule has 0 aliphatic heterocycles. The first-order valence-corrected chi connectivity index (χ1v) is 24.5. The molecule has 0 saturated carbocycles. The van der Waals surface area contributed by atoms with E-state index in [0.717, 1.165) is 0 Å². The molecule has 8 rings (SSSR count). The summed E-state index contributed by atoms with van der Waals surface area (Å²) in [7, 11) is -6.50. The molecule has 8 aromatic carbocycles. The van der Waals surface area contributed by atoms with E-state index in [1.54, 1.807) is 111 Å². The van der Waals surface area contributed by atoms with Gasteiger partial charge < -0.3 is 30.1 Å². The molecular formula is C50H38CaCl2N6O12S2. The van der Waals surface area contributed by atoms with Crippen molar-refractivity contribution in [1.29, 1.82) is 0 Å². The Balaban J connectivity index is 0.000000235. The molecular weight excluding hydrogens is 1050 g/mol. The summed E-state index contributed by atoms with van der Waals surface area (Å²) in [6.07, 6.45) is 0. The van der Waals surface area contributed by atoms with Crippen molar-refractivity contribution in [3.05, 3.63) is 166 Å². The number of azo groups is 2. The summed E-state index contributed by atoms with van der Waals surface area (Å²) in [5, 5.41) is 57.6. The van der Waals surface area contributed by atoms with E-state index >= 15 is 0 Å². The third-order valence-electron chi connectivity index (χ3n) is 10.6. The fourth-order valence-electron chi connectivity index (χ4n) is 7.15. The summed E-state index contributed by atoms with van der Waals surface area (Å²) in [6, 6.07) is 35.3. The molecule has 23 heteroatoms. The van der Waals surface area contributed by atoms with Crippen LogP contribution in [0.15, 0.2) is 169 Å². The second-order valence-corrected chi connectivity index (χ2v) is 18.9. The Hall–Kier alpha value is -6.72. The minimum Gasteiger partial charge on any atom is -0.871 e. The second kappa shape index (κ2) is 23.4. The van der Waals surface area contributed by atoms with Gasteiger partial charge in [0.25, 0.3) is 26.1 Å². The molecule has 4 N–H and O–H groups in total. The predicted octanol–water partition coefficient (Wildman–Crippen LogP) is 11.0. The van der Waals surface area contributed by atoms with Gasteiger partial charge in [0.05, 0.1) is 41.2 Å². The van der Waals surface area contributed by atoms with Crippen LogP contribution in [0.5, 0.6) is 23.0 Å². The number of nitrogens with zero attached hydrogens (tertiary/aromatic N) is 5. The first-order chi connectivity index (χ1) is 34.2. The standard InChI is InChI=1S/2C25H20ClN3O6S.Ca/c2*1-14-10-11-20(26)24(36(32,33)34)21(14)28-29-22-18-9-4-3-6-15(18)12-19(23(22)30)25(31)27-16-7-5-8-17(13-16)35-2;/h2*3-13,30H,1-2H3,(H,27,31)(H,32,33,34);/q;;+2/p-2. The van der Waals surface area contributed by atoms with E-state index in [-0.39, 0.29) is 81.7 Å². The van der Waals surface area contributed by atoms with Gasteiger partial charge in [-0.05, 0) is 95.7 Å². The zero-order valence-corrected chi connectivity index (χ0v) is 44.1. The Labute approximate surface area is 457 Å². The number of halogens is 2. The third-order valence-corrected chi connectivity index (χ3v) is 13.4. The van der Waals surface area contributed by atoms with E-state index in [2.05, 4.69) is 30.8 Å². The number of rotatable bonds is 12. The number of carbonyl (C=O) groups excluding carboxylic acids is 1. The number of aromatic hydroxyl groups is 1. The fourth-order valence-corrected chi connectivity index (χ4v) is 9.56. The van der Waals surface area contributed by atoms with Crippen LogP contribution in [0.2, 0.25) is 10.0 Å². The van der Waals surface area contributed by atoms with Crippen molar-refractivity contribution in [2.45, 2.75) is 23.6 Å². The van der Waals surface area contributed by atoms with Crippen LogP contribution in [0.3, 0.4) is 0 Å². The summed E-state index contributed by atoms with van der Waals surface area (Å²) in [4.78, 5) is 15.8. The van der Waals surface area contributed by atoms with Crippen molar-refractivity contribution in [2.75, 3.05) is 19.5 Å². The largest absolute Gasteiger partial charge is 2.00 e. The molecule has 18 nitrogen and oxygen atoms in total. The van der Waals surface area contributed by atoms with Gasteiger partial charge in [0.1, 0.15) is 38.4 Å². The maximum Gasteiger partial charge on any atom is 2.00 e. The molecule has 0 bridgehead atoms. The van der Waals surface area contributed by atoms with Crippen LogP contribution in [0.1, 0.15) is 27.0 Å². The molecule has 0 saturated heterocycles. The Bertz CT molecular complexity index is 3790. The average molecular weight is 1090 g/mol. The first kappa shape index (κ1) is 55.6. The molecule has 0 radical (unpaired) electrons. The number of hydrogen-bond acceptors (Lipinski definition) is 15. The van der Waals surface area contributed by atoms with Gasteiger partial charge in [-0.2, -0.15) is 21.9 Å². The Kier molecular flexibility index (Phi) is 17.8. The van der Waals surface area contributed by atoms with E-state index in [0.29, 0.717) is 55.5 Å². The number of fused-ring (bicyclic) bond motifs is 2. The Morgan fingerprint density at radius 3 is 1.60 bits per heavy atom. The maximum atomic E-state index is 13.3. The van der Waals surface area contributed by atoms with Crippen LogP contribution in [-0.2, 0) is 20.2 Å². The maximum absolute atomic E-state index is 13.3. The Morgan fingerprint density at radius 1 is 0.603 bits per heavy atom. The quantitative estimate of drug-likeness (QED) is 0.0292. The molecule has 0 heterocycles. The van der Waals surface area contributed by atoms with Gasteiger partial charge in [0.15, 0.2) is 5.75 Å². The molecule has 0 unspecified atom stereocenters. The number of amides is 1. The molecule has 73 heavy (non-hydrogen) atoms. The number of aryl methyl sites for hydroxylation is 2. The number of benzene rings is 8. The molecule has 0 aliphatic carbocycles. The van der Waals surface area contributed by atoms with E-state index in [9.17, 15) is 46.1 Å². The predicted molar refractivity (Wildman–Crippen MR) is 275 cm³/mol. The van der Waals surface area contributed by atoms with Crippen LogP contribution >= 0.6 is 23.2 Å². The number of ether oxygens (including phenoxy) is 2. The number of anilines is 1. The summed E-state index contributed by atoms with van der Waals surface area (Å²) < 4.78 is 77.3. The summed E-state index contributed by atoms with van der Waals surface area (Å²) in [5.41, 5.74) is 0.434. The number of nitrogens with one attached hydrogen (secondary N) is 1. The molecule has 0 spiro atoms. The van der Waals surface area contributed by atoms with E-state index in [1.165, 1.54) is 50.6 Å². The summed E-state index contributed by atoms with van der Waals surface area (Å²) in [5.74, 6) is -1.59. The zero-order valence-electron chi connectivity index (χ0n) is 38.7. The number of hydrogen-bond donors (Lipinski definition) is 4.